The number of fused-ring (bicyclic) bond motifs is 3. The number of aromatic nitrogens is 2. The standard InChI is InChI=1S/C15H19ClN2O/c1-15(2,19)14-13-10(8-12(16)17-14)9-6-4-5-7-11(9)18(13)3/h8,19H,4-7H2,1-3H3. The number of hydrogen-bond donors (Lipinski definition) is 1. The zero-order chi connectivity index (χ0) is 13.8. The summed E-state index contributed by atoms with van der Waals surface area (Å²) in [7, 11) is 2.07. The van der Waals surface area contributed by atoms with Crippen molar-refractivity contribution in [1.82, 2.24) is 9.55 Å². The van der Waals surface area contributed by atoms with Crippen LogP contribution in [0.4, 0.5) is 0 Å². The first kappa shape index (κ1) is 12.9. The first-order chi connectivity index (χ1) is 8.89. The van der Waals surface area contributed by atoms with Crippen molar-refractivity contribution in [3.05, 3.63) is 28.2 Å². The highest BCUT2D eigenvalue weighted by atomic mass is 35.5. The van der Waals surface area contributed by atoms with Crippen LogP contribution in [0.25, 0.3) is 10.9 Å². The fourth-order valence-electron chi connectivity index (χ4n) is 3.19. The van der Waals surface area contributed by atoms with Crippen molar-refractivity contribution < 1.29 is 5.11 Å². The topological polar surface area (TPSA) is 38.0 Å². The van der Waals surface area contributed by atoms with Gasteiger partial charge in [0.25, 0.3) is 0 Å². The maximum absolute atomic E-state index is 10.4. The second-order valence-corrected chi connectivity index (χ2v) is 6.33. The van der Waals surface area contributed by atoms with E-state index >= 15 is 0 Å². The molecule has 0 spiro atoms. The predicted molar refractivity (Wildman–Crippen MR) is 77.6 cm³/mol. The maximum Gasteiger partial charge on any atom is 0.130 e. The van der Waals surface area contributed by atoms with Crippen LogP contribution >= 0.6 is 11.6 Å². The fourth-order valence-corrected chi connectivity index (χ4v) is 3.38. The molecule has 0 saturated carbocycles. The Balaban J connectivity index is 2.43. The molecule has 0 unspecified atom stereocenters. The molecule has 0 bridgehead atoms. The molecule has 0 radical (unpaired) electrons. The van der Waals surface area contributed by atoms with Crippen molar-refractivity contribution >= 4 is 22.5 Å². The number of halogens is 1. The normalized spacial score (nSPS) is 15.8. The number of aliphatic hydroxyl groups is 1. The molecule has 2 aromatic heterocycles. The van der Waals surface area contributed by atoms with Gasteiger partial charge in [-0.2, -0.15) is 0 Å². The molecule has 1 aliphatic carbocycles. The van der Waals surface area contributed by atoms with Crippen LogP contribution in [0.1, 0.15) is 43.6 Å². The molecule has 19 heavy (non-hydrogen) atoms. The minimum atomic E-state index is -0.988. The van der Waals surface area contributed by atoms with Crippen LogP contribution in [0.2, 0.25) is 5.15 Å². The smallest absolute Gasteiger partial charge is 0.130 e. The molecule has 0 amide bonds. The van der Waals surface area contributed by atoms with Crippen LogP contribution in [0.15, 0.2) is 6.07 Å². The van der Waals surface area contributed by atoms with Crippen LogP contribution in [-0.2, 0) is 25.5 Å². The lowest BCUT2D eigenvalue weighted by molar-refractivity contribution is 0.0752. The molecule has 0 saturated heterocycles. The fraction of sp³-hybridized carbons (Fsp3) is 0.533. The van der Waals surface area contributed by atoms with E-state index in [4.69, 9.17) is 11.6 Å². The molecule has 3 nitrogen and oxygen atoms in total. The van der Waals surface area contributed by atoms with Gasteiger partial charge < -0.3 is 9.67 Å². The summed E-state index contributed by atoms with van der Waals surface area (Å²) in [5.41, 5.74) is 3.47. The van der Waals surface area contributed by atoms with Gasteiger partial charge in [-0.25, -0.2) is 4.98 Å². The second kappa shape index (κ2) is 4.22. The Kier molecular flexibility index (Phi) is 2.88. The van der Waals surface area contributed by atoms with Gasteiger partial charge in [0.05, 0.1) is 11.2 Å². The third-order valence-electron chi connectivity index (χ3n) is 4.05. The second-order valence-electron chi connectivity index (χ2n) is 5.94. The molecule has 1 N–H and O–H groups in total. The SMILES string of the molecule is Cn1c2c(c3cc(Cl)nc(C(C)(C)O)c31)CCCC2. The van der Waals surface area contributed by atoms with Crippen molar-refractivity contribution in [3.8, 4) is 0 Å². The zero-order valence-corrected chi connectivity index (χ0v) is 12.4. The van der Waals surface area contributed by atoms with Crippen LogP contribution in [0.3, 0.4) is 0 Å². The third-order valence-corrected chi connectivity index (χ3v) is 4.24. The molecular formula is C15H19ClN2O. The molecule has 0 atom stereocenters. The molecular weight excluding hydrogens is 260 g/mol. The lowest BCUT2D eigenvalue weighted by Gasteiger charge is -2.19. The molecule has 0 fully saturated rings. The zero-order valence-electron chi connectivity index (χ0n) is 11.6. The highest BCUT2D eigenvalue weighted by Crippen LogP contribution is 2.36. The first-order valence-corrected chi connectivity index (χ1v) is 7.17. The molecule has 0 aromatic carbocycles. The maximum atomic E-state index is 10.4. The van der Waals surface area contributed by atoms with Gasteiger partial charge in [0.1, 0.15) is 10.8 Å². The highest BCUT2D eigenvalue weighted by molar-refractivity contribution is 6.30. The van der Waals surface area contributed by atoms with Crippen LogP contribution in [0, 0.1) is 0 Å². The summed E-state index contributed by atoms with van der Waals surface area (Å²) in [6, 6.07) is 1.94. The minimum Gasteiger partial charge on any atom is -0.384 e. The van der Waals surface area contributed by atoms with Crippen LogP contribution in [0.5, 0.6) is 0 Å². The van der Waals surface area contributed by atoms with E-state index in [1.165, 1.54) is 24.1 Å². The van der Waals surface area contributed by atoms with E-state index in [2.05, 4.69) is 16.6 Å². The van der Waals surface area contributed by atoms with Crippen molar-refractivity contribution in [2.45, 2.75) is 45.1 Å². The van der Waals surface area contributed by atoms with E-state index in [1.807, 2.05) is 6.07 Å². The molecule has 0 aliphatic heterocycles. The van der Waals surface area contributed by atoms with Gasteiger partial charge in [-0.1, -0.05) is 11.6 Å². The van der Waals surface area contributed by atoms with Gasteiger partial charge >= 0.3 is 0 Å². The van der Waals surface area contributed by atoms with Gasteiger partial charge in [-0.05, 0) is 51.2 Å². The monoisotopic (exact) mass is 278 g/mol. The van der Waals surface area contributed by atoms with Crippen molar-refractivity contribution in [1.29, 1.82) is 0 Å². The van der Waals surface area contributed by atoms with Crippen molar-refractivity contribution in [2.24, 2.45) is 7.05 Å². The molecule has 2 aromatic rings. The van der Waals surface area contributed by atoms with Crippen LogP contribution in [-0.4, -0.2) is 14.7 Å². The van der Waals surface area contributed by atoms with Crippen LogP contribution < -0.4 is 0 Å². The summed E-state index contributed by atoms with van der Waals surface area (Å²) in [5.74, 6) is 0. The minimum absolute atomic E-state index is 0.462. The van der Waals surface area contributed by atoms with Gasteiger partial charge in [-0.3, -0.25) is 0 Å². The van der Waals surface area contributed by atoms with E-state index in [0.717, 1.165) is 23.7 Å². The number of hydrogen-bond acceptors (Lipinski definition) is 2. The van der Waals surface area contributed by atoms with Crippen molar-refractivity contribution in [3.63, 3.8) is 0 Å². The Hall–Kier alpha value is -1.06. The van der Waals surface area contributed by atoms with Gasteiger partial charge in [0.2, 0.25) is 0 Å². The molecule has 1 aliphatic rings. The highest BCUT2D eigenvalue weighted by Gasteiger charge is 2.27. The predicted octanol–water partition coefficient (Wildman–Crippen LogP) is 3.33. The summed E-state index contributed by atoms with van der Waals surface area (Å²) in [5, 5.41) is 12.0. The molecule has 4 heteroatoms. The summed E-state index contributed by atoms with van der Waals surface area (Å²) in [6.07, 6.45) is 4.65. The average Bonchev–Trinajstić information content (AvgIpc) is 2.62. The summed E-state index contributed by atoms with van der Waals surface area (Å²) in [4.78, 5) is 4.37. The van der Waals surface area contributed by atoms with E-state index in [1.54, 1.807) is 13.8 Å². The van der Waals surface area contributed by atoms with E-state index in [9.17, 15) is 5.11 Å². The number of nitrogens with zero attached hydrogens (tertiary/aromatic N) is 2. The first-order valence-electron chi connectivity index (χ1n) is 6.79. The Morgan fingerprint density at radius 2 is 2.00 bits per heavy atom. The molecule has 3 rings (SSSR count). The number of rotatable bonds is 1. The molecule has 2 heterocycles. The lowest BCUT2D eigenvalue weighted by Crippen LogP contribution is -2.19. The third kappa shape index (κ3) is 1.96. The van der Waals surface area contributed by atoms with Gasteiger partial charge in [-0.15, -0.1) is 0 Å². The Bertz CT molecular complexity index is 652. The summed E-state index contributed by atoms with van der Waals surface area (Å²) < 4.78 is 2.19. The van der Waals surface area contributed by atoms with E-state index in [-0.39, 0.29) is 0 Å². The lowest BCUT2D eigenvalue weighted by atomic mass is 9.95. The largest absolute Gasteiger partial charge is 0.384 e. The summed E-state index contributed by atoms with van der Waals surface area (Å²) >= 11 is 6.15. The molecule has 102 valence electrons. The number of aryl methyl sites for hydroxylation is 2. The Labute approximate surface area is 118 Å². The van der Waals surface area contributed by atoms with Crippen molar-refractivity contribution in [2.75, 3.05) is 0 Å². The quantitative estimate of drug-likeness (QED) is 0.813. The van der Waals surface area contributed by atoms with E-state index < -0.39 is 5.60 Å². The summed E-state index contributed by atoms with van der Waals surface area (Å²) in [6.45, 7) is 3.52. The number of pyridine rings is 1. The average molecular weight is 279 g/mol. The Morgan fingerprint density at radius 3 is 2.68 bits per heavy atom. The Morgan fingerprint density at radius 1 is 1.32 bits per heavy atom. The van der Waals surface area contributed by atoms with Gasteiger partial charge in [0.15, 0.2) is 0 Å². The van der Waals surface area contributed by atoms with E-state index in [0.29, 0.717) is 10.8 Å². The van der Waals surface area contributed by atoms with Gasteiger partial charge in [0, 0.05) is 18.1 Å².